The van der Waals surface area contributed by atoms with Gasteiger partial charge in [0.1, 0.15) is 5.75 Å². The SMILES string of the molecule is C=CCN1C(=O)/C(=C/c2ccc(O)cc2)S/C1=N/NC(=O)Cc1ccccc1. The molecule has 1 fully saturated rings. The summed E-state index contributed by atoms with van der Waals surface area (Å²) >= 11 is 1.18. The van der Waals surface area contributed by atoms with Crippen molar-refractivity contribution in [2.45, 2.75) is 6.42 Å². The maximum absolute atomic E-state index is 12.7. The van der Waals surface area contributed by atoms with E-state index in [2.05, 4.69) is 17.1 Å². The van der Waals surface area contributed by atoms with Crippen LogP contribution in [0.15, 0.2) is 77.3 Å². The van der Waals surface area contributed by atoms with Crippen LogP contribution in [0.1, 0.15) is 11.1 Å². The molecule has 6 nitrogen and oxygen atoms in total. The summed E-state index contributed by atoms with van der Waals surface area (Å²) in [5, 5.41) is 13.9. The average Bonchev–Trinajstić information content (AvgIpc) is 2.98. The quantitative estimate of drug-likeness (QED) is 0.449. The van der Waals surface area contributed by atoms with Gasteiger partial charge in [0.15, 0.2) is 5.17 Å². The van der Waals surface area contributed by atoms with Crippen molar-refractivity contribution in [1.82, 2.24) is 10.3 Å². The van der Waals surface area contributed by atoms with Gasteiger partial charge in [-0.3, -0.25) is 14.5 Å². The highest BCUT2D eigenvalue weighted by molar-refractivity contribution is 8.18. The summed E-state index contributed by atoms with van der Waals surface area (Å²) in [4.78, 5) is 26.7. The van der Waals surface area contributed by atoms with E-state index in [1.807, 2.05) is 30.3 Å². The first-order valence-electron chi connectivity index (χ1n) is 8.58. The average molecular weight is 393 g/mol. The Labute approximate surface area is 167 Å². The standard InChI is InChI=1S/C21H19N3O3S/c1-2-12-24-20(27)18(13-16-8-10-17(25)11-9-16)28-21(24)23-22-19(26)14-15-6-4-3-5-7-15/h2-11,13,25H,1,12,14H2,(H,22,26)/b18-13-,23-21+. The van der Waals surface area contributed by atoms with Crippen molar-refractivity contribution < 1.29 is 14.7 Å². The molecule has 0 saturated carbocycles. The van der Waals surface area contributed by atoms with Gasteiger partial charge in [0.25, 0.3) is 5.91 Å². The lowest BCUT2D eigenvalue weighted by Crippen LogP contribution is -2.31. The molecule has 1 saturated heterocycles. The molecular formula is C21H19N3O3S. The van der Waals surface area contributed by atoms with Crippen LogP contribution in [0.3, 0.4) is 0 Å². The van der Waals surface area contributed by atoms with Crippen LogP contribution >= 0.6 is 11.8 Å². The number of hydrogen-bond donors (Lipinski definition) is 2. The second-order valence-corrected chi connectivity index (χ2v) is 7.01. The molecule has 2 aromatic rings. The summed E-state index contributed by atoms with van der Waals surface area (Å²) in [5.41, 5.74) is 4.17. The minimum absolute atomic E-state index is 0.157. The van der Waals surface area contributed by atoms with E-state index in [0.717, 1.165) is 11.1 Å². The molecule has 1 aliphatic heterocycles. The van der Waals surface area contributed by atoms with Crippen molar-refractivity contribution in [3.8, 4) is 5.75 Å². The van der Waals surface area contributed by atoms with Crippen molar-refractivity contribution in [2.75, 3.05) is 6.54 Å². The summed E-state index contributed by atoms with van der Waals surface area (Å²) in [6.07, 6.45) is 3.52. The Kier molecular flexibility index (Phi) is 6.29. The van der Waals surface area contributed by atoms with Gasteiger partial charge in [0.05, 0.1) is 11.3 Å². The third-order valence-electron chi connectivity index (χ3n) is 3.87. The van der Waals surface area contributed by atoms with Crippen LogP contribution < -0.4 is 5.43 Å². The van der Waals surface area contributed by atoms with Gasteiger partial charge in [-0.05, 0) is 41.1 Å². The molecule has 0 aliphatic carbocycles. The summed E-state index contributed by atoms with van der Waals surface area (Å²) in [6.45, 7) is 3.95. The van der Waals surface area contributed by atoms with E-state index in [0.29, 0.717) is 10.1 Å². The Morgan fingerprint density at radius 2 is 1.89 bits per heavy atom. The molecule has 0 spiro atoms. The number of nitrogens with zero attached hydrogens (tertiary/aromatic N) is 2. The Bertz CT molecular complexity index is 937. The topological polar surface area (TPSA) is 82.0 Å². The molecule has 2 aromatic carbocycles. The van der Waals surface area contributed by atoms with E-state index >= 15 is 0 Å². The van der Waals surface area contributed by atoms with Crippen molar-refractivity contribution in [2.24, 2.45) is 5.10 Å². The Morgan fingerprint density at radius 3 is 2.57 bits per heavy atom. The highest BCUT2D eigenvalue weighted by Gasteiger charge is 2.32. The molecule has 0 bridgehead atoms. The summed E-state index contributed by atoms with van der Waals surface area (Å²) in [5.74, 6) is -0.320. The van der Waals surface area contributed by atoms with Gasteiger partial charge in [-0.2, -0.15) is 0 Å². The first kappa shape index (κ1) is 19.4. The lowest BCUT2D eigenvalue weighted by molar-refractivity contribution is -0.122. The van der Waals surface area contributed by atoms with Gasteiger partial charge in [0.2, 0.25) is 5.91 Å². The van der Waals surface area contributed by atoms with Gasteiger partial charge in [-0.15, -0.1) is 11.7 Å². The van der Waals surface area contributed by atoms with Crippen LogP contribution in [0, 0.1) is 0 Å². The molecule has 2 amide bonds. The number of carbonyl (C=O) groups is 2. The minimum Gasteiger partial charge on any atom is -0.508 e. The van der Waals surface area contributed by atoms with Crippen molar-refractivity contribution in [3.63, 3.8) is 0 Å². The zero-order chi connectivity index (χ0) is 19.9. The van der Waals surface area contributed by atoms with E-state index in [-0.39, 0.29) is 30.5 Å². The number of hydrogen-bond acceptors (Lipinski definition) is 5. The summed E-state index contributed by atoms with van der Waals surface area (Å²) in [7, 11) is 0. The van der Waals surface area contributed by atoms with Gasteiger partial charge >= 0.3 is 0 Å². The van der Waals surface area contributed by atoms with Gasteiger partial charge < -0.3 is 5.11 Å². The second-order valence-electron chi connectivity index (χ2n) is 6.00. The molecule has 0 radical (unpaired) electrons. The van der Waals surface area contributed by atoms with Crippen molar-refractivity contribution in [1.29, 1.82) is 0 Å². The fourth-order valence-corrected chi connectivity index (χ4v) is 3.48. The maximum Gasteiger partial charge on any atom is 0.267 e. The molecule has 0 atom stereocenters. The van der Waals surface area contributed by atoms with E-state index < -0.39 is 0 Å². The molecule has 7 heteroatoms. The van der Waals surface area contributed by atoms with Gasteiger partial charge in [-0.1, -0.05) is 48.5 Å². The zero-order valence-electron chi connectivity index (χ0n) is 15.0. The third kappa shape index (κ3) is 4.89. The third-order valence-corrected chi connectivity index (χ3v) is 4.88. The monoisotopic (exact) mass is 393 g/mol. The molecule has 1 aliphatic rings. The van der Waals surface area contributed by atoms with Crippen LogP contribution in [-0.4, -0.2) is 33.5 Å². The number of amidine groups is 1. The predicted molar refractivity (Wildman–Crippen MR) is 111 cm³/mol. The number of nitrogens with one attached hydrogen (secondary N) is 1. The van der Waals surface area contributed by atoms with Crippen LogP contribution in [0.2, 0.25) is 0 Å². The van der Waals surface area contributed by atoms with Gasteiger partial charge in [0, 0.05) is 6.54 Å². The highest BCUT2D eigenvalue weighted by atomic mass is 32.2. The van der Waals surface area contributed by atoms with Gasteiger partial charge in [-0.25, -0.2) is 5.43 Å². The Hall–Kier alpha value is -3.32. The Balaban J connectivity index is 1.74. The first-order valence-corrected chi connectivity index (χ1v) is 9.40. The second kappa shape index (κ2) is 9.05. The number of phenolic OH excluding ortho intramolecular Hbond substituents is 1. The number of benzene rings is 2. The number of carbonyl (C=O) groups excluding carboxylic acids is 2. The maximum atomic E-state index is 12.7. The van der Waals surface area contributed by atoms with Crippen molar-refractivity contribution >= 4 is 34.8 Å². The van der Waals surface area contributed by atoms with E-state index in [4.69, 9.17) is 0 Å². The van der Waals surface area contributed by atoms with E-state index in [1.165, 1.54) is 16.7 Å². The minimum atomic E-state index is -0.263. The number of thioether (sulfide) groups is 1. The number of phenols is 1. The molecular weight excluding hydrogens is 374 g/mol. The zero-order valence-corrected chi connectivity index (χ0v) is 15.9. The van der Waals surface area contributed by atoms with Crippen molar-refractivity contribution in [3.05, 3.63) is 83.3 Å². The van der Waals surface area contributed by atoms with E-state index in [9.17, 15) is 14.7 Å². The van der Waals surface area contributed by atoms with Crippen LogP contribution in [-0.2, 0) is 16.0 Å². The highest BCUT2D eigenvalue weighted by Crippen LogP contribution is 2.32. The van der Waals surface area contributed by atoms with Crippen LogP contribution in [0.25, 0.3) is 6.08 Å². The van der Waals surface area contributed by atoms with E-state index in [1.54, 1.807) is 36.4 Å². The molecule has 142 valence electrons. The van der Waals surface area contributed by atoms with Crippen LogP contribution in [0.4, 0.5) is 0 Å². The molecule has 0 aromatic heterocycles. The fraction of sp³-hybridized carbons (Fsp3) is 0.0952. The summed E-state index contributed by atoms with van der Waals surface area (Å²) in [6, 6.07) is 15.9. The number of aromatic hydroxyl groups is 1. The Morgan fingerprint density at radius 1 is 1.18 bits per heavy atom. The molecule has 1 heterocycles. The fourth-order valence-electron chi connectivity index (χ4n) is 2.53. The summed E-state index contributed by atoms with van der Waals surface area (Å²) < 4.78 is 0. The molecule has 2 N–H and O–H groups in total. The first-order chi connectivity index (χ1) is 13.6. The molecule has 0 unspecified atom stereocenters. The number of hydrazone groups is 1. The lowest BCUT2D eigenvalue weighted by Gasteiger charge is -2.12. The lowest BCUT2D eigenvalue weighted by atomic mass is 10.1. The molecule has 3 rings (SSSR count). The smallest absolute Gasteiger partial charge is 0.267 e. The largest absolute Gasteiger partial charge is 0.508 e. The number of amides is 2. The molecule has 28 heavy (non-hydrogen) atoms. The number of rotatable bonds is 6. The normalized spacial score (nSPS) is 16.6. The van der Waals surface area contributed by atoms with Crippen LogP contribution in [0.5, 0.6) is 5.75 Å². The predicted octanol–water partition coefficient (Wildman–Crippen LogP) is 3.12.